The van der Waals surface area contributed by atoms with Gasteiger partial charge in [-0.05, 0) is 43.5 Å². The molecular weight excluding hydrogens is 260 g/mol. The van der Waals surface area contributed by atoms with E-state index in [1.807, 2.05) is 19.2 Å². The molecule has 2 rings (SSSR count). The molecule has 0 aromatic heterocycles. The Labute approximate surface area is 115 Å². The Hall–Kier alpha value is -0.910. The lowest BCUT2D eigenvalue weighted by Gasteiger charge is -2.07. The van der Waals surface area contributed by atoms with Gasteiger partial charge in [0.1, 0.15) is 0 Å². The van der Waals surface area contributed by atoms with Crippen LogP contribution in [0, 0.1) is 5.92 Å². The Morgan fingerprint density at radius 3 is 2.53 bits per heavy atom. The van der Waals surface area contributed by atoms with Crippen LogP contribution < -0.4 is 10.0 Å². The maximum Gasteiger partial charge on any atom is 0.240 e. The summed E-state index contributed by atoms with van der Waals surface area (Å²) in [4.78, 5) is 0.356. The van der Waals surface area contributed by atoms with Crippen molar-refractivity contribution in [2.75, 3.05) is 7.05 Å². The zero-order chi connectivity index (χ0) is 13.9. The average molecular weight is 282 g/mol. The molecule has 5 heteroatoms. The zero-order valence-corrected chi connectivity index (χ0v) is 12.3. The molecule has 0 spiro atoms. The molecule has 2 unspecified atom stereocenters. The molecule has 1 fully saturated rings. The van der Waals surface area contributed by atoms with E-state index in [0.29, 0.717) is 10.8 Å². The van der Waals surface area contributed by atoms with Gasteiger partial charge in [-0.2, -0.15) is 0 Å². The Kier molecular flexibility index (Phi) is 4.60. The third-order valence-corrected chi connectivity index (χ3v) is 5.01. The van der Waals surface area contributed by atoms with Crippen LogP contribution in [0.2, 0.25) is 0 Å². The highest BCUT2D eigenvalue weighted by Crippen LogP contribution is 2.35. The first-order valence-corrected chi connectivity index (χ1v) is 8.31. The van der Waals surface area contributed by atoms with Crippen molar-refractivity contribution in [1.29, 1.82) is 0 Å². The summed E-state index contributed by atoms with van der Waals surface area (Å²) in [6, 6.07) is 7.18. The fraction of sp³-hybridized carbons (Fsp3) is 0.571. The van der Waals surface area contributed by atoms with E-state index >= 15 is 0 Å². The Balaban J connectivity index is 1.99. The van der Waals surface area contributed by atoms with Crippen LogP contribution in [0.5, 0.6) is 0 Å². The average Bonchev–Trinajstić information content (AvgIpc) is 3.08. The molecule has 2 atom stereocenters. The molecule has 1 aliphatic rings. The molecule has 1 saturated carbocycles. The van der Waals surface area contributed by atoms with Gasteiger partial charge < -0.3 is 5.32 Å². The first-order valence-electron chi connectivity index (χ1n) is 6.82. The van der Waals surface area contributed by atoms with Crippen molar-refractivity contribution in [3.8, 4) is 0 Å². The predicted molar refractivity (Wildman–Crippen MR) is 76.3 cm³/mol. The number of nitrogens with one attached hydrogen (secondary N) is 2. The Bertz CT molecular complexity index is 511. The van der Waals surface area contributed by atoms with E-state index in [1.165, 1.54) is 0 Å². The van der Waals surface area contributed by atoms with Crippen LogP contribution in [0.15, 0.2) is 29.2 Å². The largest absolute Gasteiger partial charge is 0.316 e. The highest BCUT2D eigenvalue weighted by atomic mass is 32.2. The minimum Gasteiger partial charge on any atom is -0.316 e. The molecule has 0 aliphatic heterocycles. The standard InChI is InChI=1S/C14H22N2O2S/c1-3-4-12-9-14(12)16-19(17,18)13-7-5-11(6-8-13)10-15-2/h5-8,12,14-16H,3-4,9-10H2,1-2H3. The summed E-state index contributed by atoms with van der Waals surface area (Å²) in [7, 11) is -1.48. The molecule has 0 bridgehead atoms. The highest BCUT2D eigenvalue weighted by molar-refractivity contribution is 7.89. The van der Waals surface area contributed by atoms with E-state index in [2.05, 4.69) is 17.0 Å². The van der Waals surface area contributed by atoms with Gasteiger partial charge in [-0.15, -0.1) is 0 Å². The van der Waals surface area contributed by atoms with Crippen molar-refractivity contribution < 1.29 is 8.42 Å². The Morgan fingerprint density at radius 2 is 1.95 bits per heavy atom. The van der Waals surface area contributed by atoms with Gasteiger partial charge in [0.05, 0.1) is 4.90 Å². The monoisotopic (exact) mass is 282 g/mol. The van der Waals surface area contributed by atoms with Gasteiger partial charge in [0.15, 0.2) is 0 Å². The molecule has 2 N–H and O–H groups in total. The van der Waals surface area contributed by atoms with Crippen LogP contribution in [0.1, 0.15) is 31.7 Å². The van der Waals surface area contributed by atoms with Crippen LogP contribution in [0.25, 0.3) is 0 Å². The number of sulfonamides is 1. The first kappa shape index (κ1) is 14.5. The van der Waals surface area contributed by atoms with Crippen molar-refractivity contribution in [2.24, 2.45) is 5.92 Å². The van der Waals surface area contributed by atoms with Gasteiger partial charge in [-0.25, -0.2) is 13.1 Å². The summed E-state index contributed by atoms with van der Waals surface area (Å²) in [5.41, 5.74) is 1.08. The molecule has 1 aliphatic carbocycles. The van der Waals surface area contributed by atoms with Gasteiger partial charge in [0.25, 0.3) is 0 Å². The quantitative estimate of drug-likeness (QED) is 0.802. The lowest BCUT2D eigenvalue weighted by Crippen LogP contribution is -2.27. The summed E-state index contributed by atoms with van der Waals surface area (Å²) in [6.07, 6.45) is 3.20. The van der Waals surface area contributed by atoms with E-state index in [0.717, 1.165) is 31.4 Å². The molecule has 0 amide bonds. The number of rotatable bonds is 7. The number of benzene rings is 1. The number of hydrogen-bond acceptors (Lipinski definition) is 3. The normalized spacial score (nSPS) is 22.4. The maximum atomic E-state index is 12.2. The summed E-state index contributed by atoms with van der Waals surface area (Å²) in [5.74, 6) is 0.531. The Morgan fingerprint density at radius 1 is 1.26 bits per heavy atom. The van der Waals surface area contributed by atoms with Crippen LogP contribution in [0.3, 0.4) is 0 Å². The van der Waals surface area contributed by atoms with Crippen LogP contribution in [0.4, 0.5) is 0 Å². The van der Waals surface area contributed by atoms with Gasteiger partial charge in [-0.1, -0.05) is 25.5 Å². The fourth-order valence-corrected chi connectivity index (χ4v) is 3.66. The molecule has 4 nitrogen and oxygen atoms in total. The zero-order valence-electron chi connectivity index (χ0n) is 11.5. The van der Waals surface area contributed by atoms with E-state index in [9.17, 15) is 8.42 Å². The van der Waals surface area contributed by atoms with Crippen LogP contribution in [-0.2, 0) is 16.6 Å². The van der Waals surface area contributed by atoms with Crippen molar-refractivity contribution >= 4 is 10.0 Å². The summed E-state index contributed by atoms with van der Waals surface area (Å²) >= 11 is 0. The smallest absolute Gasteiger partial charge is 0.240 e. The summed E-state index contributed by atoms with van der Waals surface area (Å²) in [6.45, 7) is 2.87. The van der Waals surface area contributed by atoms with E-state index in [1.54, 1.807) is 12.1 Å². The van der Waals surface area contributed by atoms with Gasteiger partial charge >= 0.3 is 0 Å². The summed E-state index contributed by atoms with van der Waals surface area (Å²) in [5, 5.41) is 3.04. The van der Waals surface area contributed by atoms with Crippen molar-refractivity contribution in [3.63, 3.8) is 0 Å². The predicted octanol–water partition coefficient (Wildman–Crippen LogP) is 1.87. The third kappa shape index (κ3) is 3.78. The van der Waals surface area contributed by atoms with Crippen molar-refractivity contribution in [3.05, 3.63) is 29.8 Å². The molecule has 0 saturated heterocycles. The third-order valence-electron chi connectivity index (χ3n) is 3.50. The summed E-state index contributed by atoms with van der Waals surface area (Å²) < 4.78 is 27.1. The van der Waals surface area contributed by atoms with Crippen LogP contribution >= 0.6 is 0 Å². The lowest BCUT2D eigenvalue weighted by molar-refractivity contribution is 0.573. The van der Waals surface area contributed by atoms with Crippen molar-refractivity contribution in [1.82, 2.24) is 10.0 Å². The van der Waals surface area contributed by atoms with E-state index < -0.39 is 10.0 Å². The van der Waals surface area contributed by atoms with Crippen molar-refractivity contribution in [2.45, 2.75) is 43.7 Å². The minimum atomic E-state index is -3.35. The van der Waals surface area contributed by atoms with Gasteiger partial charge in [0, 0.05) is 12.6 Å². The number of hydrogen-bond donors (Lipinski definition) is 2. The minimum absolute atomic E-state index is 0.141. The van der Waals surface area contributed by atoms with E-state index in [-0.39, 0.29) is 6.04 Å². The lowest BCUT2D eigenvalue weighted by atomic mass is 10.2. The first-order chi connectivity index (χ1) is 9.06. The van der Waals surface area contributed by atoms with Gasteiger partial charge in [0.2, 0.25) is 10.0 Å². The maximum absolute atomic E-state index is 12.2. The van der Waals surface area contributed by atoms with E-state index in [4.69, 9.17) is 0 Å². The molecule has 1 aromatic carbocycles. The molecule has 106 valence electrons. The molecule has 19 heavy (non-hydrogen) atoms. The highest BCUT2D eigenvalue weighted by Gasteiger charge is 2.39. The second kappa shape index (κ2) is 6.03. The SMILES string of the molecule is CCCC1CC1NS(=O)(=O)c1ccc(CNC)cc1. The molecule has 1 aromatic rings. The second-order valence-corrected chi connectivity index (χ2v) is 6.90. The van der Waals surface area contributed by atoms with Crippen LogP contribution in [-0.4, -0.2) is 21.5 Å². The molecule has 0 heterocycles. The van der Waals surface area contributed by atoms with Gasteiger partial charge in [-0.3, -0.25) is 0 Å². The molecular formula is C14H22N2O2S. The molecule has 0 radical (unpaired) electrons. The topological polar surface area (TPSA) is 58.2 Å². The fourth-order valence-electron chi connectivity index (χ4n) is 2.34. The second-order valence-electron chi connectivity index (χ2n) is 5.19.